The molecule has 0 aromatic heterocycles. The van der Waals surface area contributed by atoms with Crippen molar-refractivity contribution in [2.45, 2.75) is 0 Å². The van der Waals surface area contributed by atoms with Crippen LogP contribution in [0.25, 0.3) is 0 Å². The molecule has 1 aromatic carbocycles. The molecule has 0 unspecified atom stereocenters. The molecule has 1 rings (SSSR count). The van der Waals surface area contributed by atoms with Gasteiger partial charge in [-0.3, -0.25) is 0 Å². The Labute approximate surface area is 92.1 Å². The summed E-state index contributed by atoms with van der Waals surface area (Å²) in [6.45, 7) is 0. The molecule has 0 bridgehead atoms. The first kappa shape index (κ1) is 9.06. The van der Waals surface area contributed by atoms with Crippen molar-refractivity contribution in [3.63, 3.8) is 0 Å². The van der Waals surface area contributed by atoms with Crippen molar-refractivity contribution in [3.8, 4) is 6.07 Å². The largest absolute Gasteiger partial charge is 0.398 e. The van der Waals surface area contributed by atoms with Crippen LogP contribution in [-0.2, 0) is 0 Å². The Hall–Kier alpha value is -0.0300. The number of halogens is 2. The van der Waals surface area contributed by atoms with Crippen molar-refractivity contribution in [1.29, 1.82) is 5.26 Å². The number of hydrogen-bond acceptors (Lipinski definition) is 2. The number of nitriles is 1. The lowest BCUT2D eigenvalue weighted by atomic mass is 10.2. The second-order valence-electron chi connectivity index (χ2n) is 1.94. The van der Waals surface area contributed by atoms with E-state index in [1.807, 2.05) is 0 Å². The lowest BCUT2D eigenvalue weighted by molar-refractivity contribution is 1.45. The van der Waals surface area contributed by atoms with Gasteiger partial charge in [0.15, 0.2) is 0 Å². The number of nitrogens with two attached hydrogens (primary N) is 1. The normalized spacial score (nSPS) is 9.18. The Bertz CT molecular complexity index is 328. The minimum atomic E-state index is 0.684. The Kier molecular flexibility index (Phi) is 2.95. The third kappa shape index (κ3) is 1.76. The molecule has 0 heterocycles. The zero-order valence-electron chi connectivity index (χ0n) is 5.44. The molecule has 0 aliphatic heterocycles. The lowest BCUT2D eigenvalue weighted by Crippen LogP contribution is -1.94. The smallest absolute Gasteiger partial charge is 0.100 e. The standard InChI is InChI=1S/C7H4I2N2/c8-6-4(3-10)1-2-5(11)7(6)9/h1-2H,11H2. The fourth-order valence-electron chi connectivity index (χ4n) is 0.651. The van der Waals surface area contributed by atoms with E-state index in [2.05, 4.69) is 51.3 Å². The van der Waals surface area contributed by atoms with Crippen LogP contribution < -0.4 is 5.73 Å². The van der Waals surface area contributed by atoms with Crippen LogP contribution in [0.5, 0.6) is 0 Å². The summed E-state index contributed by atoms with van der Waals surface area (Å²) in [7, 11) is 0. The van der Waals surface area contributed by atoms with Crippen LogP contribution in [0.2, 0.25) is 0 Å². The number of hydrogen-bond donors (Lipinski definition) is 1. The SMILES string of the molecule is N#Cc1ccc(N)c(I)c1I. The minimum absolute atomic E-state index is 0.684. The molecular formula is C7H4I2N2. The summed E-state index contributed by atoms with van der Waals surface area (Å²) in [6.07, 6.45) is 0. The van der Waals surface area contributed by atoms with Crippen LogP contribution in [0.4, 0.5) is 5.69 Å². The summed E-state index contributed by atoms with van der Waals surface area (Å²) in [5.74, 6) is 0. The van der Waals surface area contributed by atoms with Crippen molar-refractivity contribution in [3.05, 3.63) is 24.8 Å². The molecule has 0 amide bonds. The molecule has 0 aliphatic carbocycles. The highest BCUT2D eigenvalue weighted by molar-refractivity contribution is 14.1. The number of nitrogen functional groups attached to an aromatic ring is 1. The van der Waals surface area contributed by atoms with E-state index in [0.29, 0.717) is 5.56 Å². The quantitative estimate of drug-likeness (QED) is 0.563. The van der Waals surface area contributed by atoms with Gasteiger partial charge in [0.05, 0.1) is 9.13 Å². The predicted molar refractivity (Wildman–Crippen MR) is 61.0 cm³/mol. The molecule has 0 atom stereocenters. The van der Waals surface area contributed by atoms with E-state index in [-0.39, 0.29) is 0 Å². The van der Waals surface area contributed by atoms with Crippen molar-refractivity contribution in [1.82, 2.24) is 0 Å². The molecular weight excluding hydrogens is 366 g/mol. The summed E-state index contributed by atoms with van der Waals surface area (Å²) in [6, 6.07) is 5.58. The first-order chi connectivity index (χ1) is 5.16. The minimum Gasteiger partial charge on any atom is -0.398 e. The Balaban J connectivity index is 3.40. The van der Waals surface area contributed by atoms with Crippen molar-refractivity contribution >= 4 is 50.9 Å². The Morgan fingerprint density at radius 3 is 2.45 bits per heavy atom. The summed E-state index contributed by atoms with van der Waals surface area (Å²) in [5.41, 5.74) is 7.04. The molecule has 4 heteroatoms. The van der Waals surface area contributed by atoms with E-state index in [9.17, 15) is 0 Å². The highest BCUT2D eigenvalue weighted by Crippen LogP contribution is 2.23. The van der Waals surface area contributed by atoms with Crippen LogP contribution in [-0.4, -0.2) is 0 Å². The Morgan fingerprint density at radius 2 is 1.91 bits per heavy atom. The predicted octanol–water partition coefficient (Wildman–Crippen LogP) is 2.35. The molecule has 0 spiro atoms. The number of rotatable bonds is 0. The maximum Gasteiger partial charge on any atom is 0.100 e. The van der Waals surface area contributed by atoms with Crippen molar-refractivity contribution < 1.29 is 0 Å². The number of nitrogens with zero attached hydrogens (tertiary/aromatic N) is 1. The number of benzene rings is 1. The second-order valence-corrected chi connectivity index (χ2v) is 4.10. The van der Waals surface area contributed by atoms with Gasteiger partial charge in [0.1, 0.15) is 6.07 Å². The van der Waals surface area contributed by atoms with Gasteiger partial charge in [-0.05, 0) is 57.3 Å². The zero-order valence-corrected chi connectivity index (χ0v) is 9.75. The molecule has 0 saturated carbocycles. The molecule has 2 nitrogen and oxygen atoms in total. The van der Waals surface area contributed by atoms with Crippen LogP contribution in [0.15, 0.2) is 12.1 Å². The molecule has 2 N–H and O–H groups in total. The molecule has 1 aromatic rings. The number of anilines is 1. The van der Waals surface area contributed by atoms with E-state index < -0.39 is 0 Å². The molecule has 0 aliphatic rings. The zero-order chi connectivity index (χ0) is 8.43. The van der Waals surface area contributed by atoms with E-state index in [0.717, 1.165) is 12.8 Å². The van der Waals surface area contributed by atoms with Gasteiger partial charge in [0.2, 0.25) is 0 Å². The highest BCUT2D eigenvalue weighted by Gasteiger charge is 2.04. The summed E-state index contributed by atoms with van der Waals surface area (Å²) in [5, 5.41) is 8.63. The maximum absolute atomic E-state index is 8.63. The highest BCUT2D eigenvalue weighted by atomic mass is 127. The molecule has 0 radical (unpaired) electrons. The van der Waals surface area contributed by atoms with Crippen molar-refractivity contribution in [2.75, 3.05) is 5.73 Å². The fourth-order valence-corrected chi connectivity index (χ4v) is 1.73. The van der Waals surface area contributed by atoms with Crippen molar-refractivity contribution in [2.24, 2.45) is 0 Å². The van der Waals surface area contributed by atoms with Crippen LogP contribution >= 0.6 is 45.2 Å². The summed E-state index contributed by atoms with van der Waals surface area (Å²) in [4.78, 5) is 0. The third-order valence-corrected chi connectivity index (χ3v) is 4.55. The molecule has 11 heavy (non-hydrogen) atoms. The summed E-state index contributed by atoms with van der Waals surface area (Å²) >= 11 is 4.25. The van der Waals surface area contributed by atoms with Gasteiger partial charge in [-0.15, -0.1) is 0 Å². The maximum atomic E-state index is 8.63. The molecule has 56 valence electrons. The first-order valence-corrected chi connectivity index (χ1v) is 4.96. The van der Waals surface area contributed by atoms with Gasteiger partial charge < -0.3 is 5.73 Å². The van der Waals surface area contributed by atoms with E-state index in [4.69, 9.17) is 11.0 Å². The van der Waals surface area contributed by atoms with Gasteiger partial charge in [-0.1, -0.05) is 0 Å². The van der Waals surface area contributed by atoms with Gasteiger partial charge in [-0.2, -0.15) is 5.26 Å². The van der Waals surface area contributed by atoms with Gasteiger partial charge in [0, 0.05) is 9.26 Å². The monoisotopic (exact) mass is 370 g/mol. The molecule has 0 saturated heterocycles. The van der Waals surface area contributed by atoms with Gasteiger partial charge >= 0.3 is 0 Å². The second kappa shape index (κ2) is 3.58. The van der Waals surface area contributed by atoms with Crippen LogP contribution in [0, 0.1) is 18.5 Å². The van der Waals surface area contributed by atoms with Crippen LogP contribution in [0.3, 0.4) is 0 Å². The average Bonchev–Trinajstić information content (AvgIpc) is 2.01. The van der Waals surface area contributed by atoms with Gasteiger partial charge in [-0.25, -0.2) is 0 Å². The average molecular weight is 370 g/mol. The Morgan fingerprint density at radius 1 is 1.27 bits per heavy atom. The topological polar surface area (TPSA) is 49.8 Å². The first-order valence-electron chi connectivity index (χ1n) is 2.80. The van der Waals surface area contributed by atoms with E-state index >= 15 is 0 Å². The molecule has 0 fully saturated rings. The van der Waals surface area contributed by atoms with E-state index in [1.54, 1.807) is 12.1 Å². The summed E-state index contributed by atoms with van der Waals surface area (Å²) < 4.78 is 1.90. The van der Waals surface area contributed by atoms with Gasteiger partial charge in [0.25, 0.3) is 0 Å². The lowest BCUT2D eigenvalue weighted by Gasteiger charge is -2.01. The van der Waals surface area contributed by atoms with E-state index in [1.165, 1.54) is 0 Å². The third-order valence-electron chi connectivity index (χ3n) is 1.23. The van der Waals surface area contributed by atoms with Crippen LogP contribution in [0.1, 0.15) is 5.56 Å². The fraction of sp³-hybridized carbons (Fsp3) is 0.